The number of unbranched alkanes of at least 4 members (excludes halogenated alkanes) is 2. The lowest BCUT2D eigenvalue weighted by molar-refractivity contribution is -0.137. The monoisotopic (exact) mass is 426 g/mol. The number of ether oxygens (including phenoxy) is 1. The lowest BCUT2D eigenvalue weighted by Gasteiger charge is -2.29. The normalized spacial score (nSPS) is 25.3. The van der Waals surface area contributed by atoms with Crippen LogP contribution < -0.4 is 10.6 Å². The van der Waals surface area contributed by atoms with E-state index in [1.54, 1.807) is 0 Å². The van der Waals surface area contributed by atoms with E-state index >= 15 is 0 Å². The maximum atomic E-state index is 12.1. The van der Waals surface area contributed by atoms with Gasteiger partial charge < -0.3 is 20.5 Å². The Bertz CT molecular complexity index is 583. The van der Waals surface area contributed by atoms with Crippen molar-refractivity contribution in [3.05, 3.63) is 12.2 Å². The number of nitrogens with one attached hydrogen (secondary N) is 2. The lowest BCUT2D eigenvalue weighted by atomic mass is 9.77. The van der Waals surface area contributed by atoms with E-state index in [2.05, 4.69) is 22.8 Å². The van der Waals surface area contributed by atoms with E-state index in [0.29, 0.717) is 41.9 Å². The molecule has 2 rings (SSSR count). The number of thioether (sulfide) groups is 1. The predicted octanol–water partition coefficient (Wildman–Crippen LogP) is 3.34. The molecule has 0 aromatic carbocycles. The molecule has 2 saturated heterocycles. The van der Waals surface area contributed by atoms with Crippen LogP contribution in [0.5, 0.6) is 0 Å². The molecule has 4 atom stereocenters. The fraction of sp³-hybridized carbons (Fsp3) is 0.762. The van der Waals surface area contributed by atoms with Gasteiger partial charge in [-0.15, -0.1) is 0 Å². The SMILES string of the molecule is CCCCOC(=O)NCC(=O)NC[C@H]1[C@@H](CC=CCCCC(=O)O)[C@H]2CC[C@@H]1S2. The van der Waals surface area contributed by atoms with Gasteiger partial charge in [-0.1, -0.05) is 25.5 Å². The number of fused-ring (bicyclic) bond motifs is 2. The van der Waals surface area contributed by atoms with E-state index in [0.717, 1.165) is 25.7 Å². The zero-order valence-electron chi connectivity index (χ0n) is 17.2. The maximum absolute atomic E-state index is 12.1. The molecule has 164 valence electrons. The second-order valence-electron chi connectivity index (χ2n) is 7.76. The number of carbonyl (C=O) groups excluding carboxylic acids is 2. The number of carboxylic acids is 1. The summed E-state index contributed by atoms with van der Waals surface area (Å²) in [7, 11) is 0. The van der Waals surface area contributed by atoms with Gasteiger partial charge in [-0.3, -0.25) is 9.59 Å². The summed E-state index contributed by atoms with van der Waals surface area (Å²) in [5, 5.41) is 15.4. The first-order valence-corrected chi connectivity index (χ1v) is 11.6. The summed E-state index contributed by atoms with van der Waals surface area (Å²) in [6, 6.07) is 0. The molecule has 2 amide bonds. The molecule has 29 heavy (non-hydrogen) atoms. The number of allylic oxidation sites excluding steroid dienone is 2. The first-order chi connectivity index (χ1) is 14.0. The molecule has 0 aromatic rings. The van der Waals surface area contributed by atoms with Crippen molar-refractivity contribution in [3.8, 4) is 0 Å². The number of hydrogen-bond acceptors (Lipinski definition) is 5. The second kappa shape index (κ2) is 12.8. The summed E-state index contributed by atoms with van der Waals surface area (Å²) in [4.78, 5) is 34.1. The van der Waals surface area contributed by atoms with Gasteiger partial charge >= 0.3 is 12.1 Å². The van der Waals surface area contributed by atoms with Crippen molar-refractivity contribution in [2.75, 3.05) is 19.7 Å². The van der Waals surface area contributed by atoms with E-state index in [-0.39, 0.29) is 18.9 Å². The molecule has 0 radical (unpaired) electrons. The Morgan fingerprint density at radius 2 is 1.86 bits per heavy atom. The van der Waals surface area contributed by atoms with Crippen LogP contribution >= 0.6 is 11.8 Å². The van der Waals surface area contributed by atoms with Crippen molar-refractivity contribution in [1.29, 1.82) is 0 Å². The molecule has 2 bridgehead atoms. The van der Waals surface area contributed by atoms with Crippen molar-refractivity contribution in [2.45, 2.75) is 68.8 Å². The minimum atomic E-state index is -0.748. The fourth-order valence-corrected chi connectivity index (χ4v) is 6.04. The molecule has 0 saturated carbocycles. The van der Waals surface area contributed by atoms with Crippen molar-refractivity contribution < 1.29 is 24.2 Å². The molecule has 0 aliphatic carbocycles. The third kappa shape index (κ3) is 8.28. The molecular weight excluding hydrogens is 392 g/mol. The van der Waals surface area contributed by atoms with E-state index in [1.165, 1.54) is 12.8 Å². The number of hydrogen-bond donors (Lipinski definition) is 3. The number of carbonyl (C=O) groups is 3. The standard InChI is InChI=1S/C21H34N2O5S/c1-2-3-12-28-21(27)23-14-19(24)22-13-16-15(17-10-11-18(16)29-17)8-6-4-5-7-9-20(25)26/h4,6,15-18H,2-3,5,7-14H2,1H3,(H,22,24)(H,23,27)(H,25,26)/t15-,16+,17-,18+/m1/s1. The molecule has 0 unspecified atom stereocenters. The highest BCUT2D eigenvalue weighted by Gasteiger charge is 2.47. The summed E-state index contributed by atoms with van der Waals surface area (Å²) >= 11 is 2.05. The van der Waals surface area contributed by atoms with Gasteiger partial charge in [0.05, 0.1) is 13.2 Å². The predicted molar refractivity (Wildman–Crippen MR) is 114 cm³/mol. The number of amides is 2. The molecular formula is C21H34N2O5S. The topological polar surface area (TPSA) is 105 Å². The Morgan fingerprint density at radius 3 is 2.59 bits per heavy atom. The summed E-state index contributed by atoms with van der Waals surface area (Å²) in [6.07, 6.45) is 10.6. The van der Waals surface area contributed by atoms with Crippen LogP contribution in [0, 0.1) is 11.8 Å². The van der Waals surface area contributed by atoms with Gasteiger partial charge in [0, 0.05) is 23.5 Å². The fourth-order valence-electron chi connectivity index (χ4n) is 4.03. The van der Waals surface area contributed by atoms with Gasteiger partial charge in [-0.05, 0) is 50.4 Å². The second-order valence-corrected chi connectivity index (χ2v) is 9.24. The average Bonchev–Trinajstić information content (AvgIpc) is 3.29. The van der Waals surface area contributed by atoms with Crippen LogP contribution in [0.25, 0.3) is 0 Å². The lowest BCUT2D eigenvalue weighted by Crippen LogP contribution is -2.42. The highest BCUT2D eigenvalue weighted by atomic mass is 32.2. The van der Waals surface area contributed by atoms with E-state index in [1.807, 2.05) is 18.7 Å². The van der Waals surface area contributed by atoms with Crippen LogP contribution in [-0.4, -0.2) is 53.3 Å². The molecule has 2 heterocycles. The third-order valence-electron chi connectivity index (χ3n) is 5.59. The molecule has 2 fully saturated rings. The van der Waals surface area contributed by atoms with E-state index in [9.17, 15) is 14.4 Å². The zero-order valence-corrected chi connectivity index (χ0v) is 18.0. The Kier molecular flexibility index (Phi) is 10.4. The summed E-state index contributed by atoms with van der Waals surface area (Å²) < 4.78 is 4.98. The highest BCUT2D eigenvalue weighted by Crippen LogP contribution is 2.54. The van der Waals surface area contributed by atoms with Crippen LogP contribution in [0.4, 0.5) is 4.79 Å². The molecule has 0 spiro atoms. The van der Waals surface area contributed by atoms with Crippen LogP contribution in [0.1, 0.15) is 58.3 Å². The number of rotatable bonds is 13. The van der Waals surface area contributed by atoms with Crippen LogP contribution in [0.15, 0.2) is 12.2 Å². The highest BCUT2D eigenvalue weighted by molar-refractivity contribution is 8.01. The Hall–Kier alpha value is -1.70. The van der Waals surface area contributed by atoms with E-state index in [4.69, 9.17) is 9.84 Å². The molecule has 7 nitrogen and oxygen atoms in total. The van der Waals surface area contributed by atoms with Gasteiger partial charge in [-0.25, -0.2) is 4.79 Å². The van der Waals surface area contributed by atoms with Crippen molar-refractivity contribution in [3.63, 3.8) is 0 Å². The minimum Gasteiger partial charge on any atom is -0.481 e. The van der Waals surface area contributed by atoms with Crippen molar-refractivity contribution >= 4 is 29.7 Å². The smallest absolute Gasteiger partial charge is 0.407 e. The largest absolute Gasteiger partial charge is 0.481 e. The average molecular weight is 427 g/mol. The molecule has 2 aliphatic heterocycles. The van der Waals surface area contributed by atoms with Crippen molar-refractivity contribution in [1.82, 2.24) is 10.6 Å². The summed E-state index contributed by atoms with van der Waals surface area (Å²) in [5.74, 6) is 0.0558. The van der Waals surface area contributed by atoms with Gasteiger partial charge in [0.25, 0.3) is 0 Å². The number of carboxylic acid groups (broad SMARTS) is 1. The quantitative estimate of drug-likeness (QED) is 0.308. The van der Waals surface area contributed by atoms with Crippen LogP contribution in [0.2, 0.25) is 0 Å². The minimum absolute atomic E-state index is 0.0624. The number of aliphatic carboxylic acids is 1. The Labute approximate surface area is 177 Å². The summed E-state index contributed by atoms with van der Waals surface area (Å²) in [5.41, 5.74) is 0. The first-order valence-electron chi connectivity index (χ1n) is 10.7. The number of alkyl carbamates (subject to hydrolysis) is 1. The first kappa shape index (κ1) is 23.6. The molecule has 0 aromatic heterocycles. The van der Waals surface area contributed by atoms with Gasteiger partial charge in [0.15, 0.2) is 0 Å². The van der Waals surface area contributed by atoms with Crippen molar-refractivity contribution in [2.24, 2.45) is 11.8 Å². The molecule has 2 aliphatic rings. The zero-order chi connectivity index (χ0) is 21.1. The third-order valence-corrected chi connectivity index (χ3v) is 7.46. The van der Waals surface area contributed by atoms with Gasteiger partial charge in [-0.2, -0.15) is 11.8 Å². The Morgan fingerprint density at radius 1 is 1.10 bits per heavy atom. The summed E-state index contributed by atoms with van der Waals surface area (Å²) in [6.45, 7) is 2.97. The molecule has 3 N–H and O–H groups in total. The van der Waals surface area contributed by atoms with Gasteiger partial charge in [0.1, 0.15) is 0 Å². The Balaban J connectivity index is 1.68. The maximum Gasteiger partial charge on any atom is 0.407 e. The molecule has 8 heteroatoms. The van der Waals surface area contributed by atoms with Crippen LogP contribution in [0.3, 0.4) is 0 Å². The van der Waals surface area contributed by atoms with E-state index < -0.39 is 12.1 Å². The van der Waals surface area contributed by atoms with Gasteiger partial charge in [0.2, 0.25) is 5.91 Å². The van der Waals surface area contributed by atoms with Crippen LogP contribution in [-0.2, 0) is 14.3 Å².